The Labute approximate surface area is 273 Å². The van der Waals surface area contributed by atoms with Gasteiger partial charge in [0, 0.05) is 19.6 Å². The molecule has 0 saturated heterocycles. The van der Waals surface area contributed by atoms with Gasteiger partial charge < -0.3 is 9.64 Å². The first-order valence-corrected chi connectivity index (χ1v) is 18.9. The molecular weight excluding hydrogens is 627 g/mol. The molecular formula is C34H43N3O7S2. The van der Waals surface area contributed by atoms with Gasteiger partial charge in [0.25, 0.3) is 11.8 Å². The van der Waals surface area contributed by atoms with E-state index in [4.69, 9.17) is 4.74 Å². The SMILES string of the molecule is COc1cccc2c1CC(CN(CCCCN1C(=O)c3ccccc3S1(O)O)CCCCN1C(=O)c3ccccc3S1(O)O)CC2. The molecule has 1 unspecified atom stereocenters. The van der Waals surface area contributed by atoms with Gasteiger partial charge in [-0.2, -0.15) is 0 Å². The first-order valence-electron chi connectivity index (χ1n) is 15.9. The van der Waals surface area contributed by atoms with E-state index in [0.717, 1.165) is 57.5 Å². The summed E-state index contributed by atoms with van der Waals surface area (Å²) in [5.41, 5.74) is 3.32. The lowest BCUT2D eigenvalue weighted by atomic mass is 9.83. The van der Waals surface area contributed by atoms with Crippen LogP contribution in [-0.2, 0) is 12.8 Å². The Morgan fingerprint density at radius 3 is 1.83 bits per heavy atom. The normalized spacial score (nSPS) is 20.8. The lowest BCUT2D eigenvalue weighted by Gasteiger charge is -2.37. The summed E-state index contributed by atoms with van der Waals surface area (Å²) in [5.74, 6) is 0.685. The molecule has 6 rings (SSSR count). The maximum atomic E-state index is 12.9. The zero-order valence-corrected chi connectivity index (χ0v) is 27.7. The van der Waals surface area contributed by atoms with Crippen LogP contribution in [0.3, 0.4) is 0 Å². The van der Waals surface area contributed by atoms with E-state index < -0.39 is 21.6 Å². The summed E-state index contributed by atoms with van der Waals surface area (Å²) in [6.07, 6.45) is 5.77. The fourth-order valence-corrected chi connectivity index (χ4v) is 10.3. The molecule has 1 aliphatic carbocycles. The standard InChI is InChI=1S/C34H43N3O7S2/c1-44-30-14-10-11-26-18-17-25(23-29(26)30)24-35(19-6-8-21-36-33(38)27-12-2-4-15-31(27)45(36,40)41)20-7-9-22-37-34(39)28-13-3-5-16-32(28)46(37,42)43/h2-5,10-16,25,40-43H,6-9,17-24H2,1H3. The molecule has 0 aromatic heterocycles. The minimum atomic E-state index is -3.33. The minimum Gasteiger partial charge on any atom is -0.496 e. The maximum Gasteiger partial charge on any atom is 0.274 e. The fraction of sp³-hybridized carbons (Fsp3) is 0.412. The molecule has 1 atom stereocenters. The van der Waals surface area contributed by atoms with Crippen LogP contribution in [0.4, 0.5) is 0 Å². The number of hydrogen-bond donors (Lipinski definition) is 4. The number of methoxy groups -OCH3 is 1. The third-order valence-electron chi connectivity index (χ3n) is 9.34. The Morgan fingerprint density at radius 1 is 0.761 bits per heavy atom. The van der Waals surface area contributed by atoms with E-state index in [2.05, 4.69) is 11.0 Å². The van der Waals surface area contributed by atoms with Crippen molar-refractivity contribution in [1.82, 2.24) is 13.5 Å². The number of hydrogen-bond acceptors (Lipinski definition) is 8. The van der Waals surface area contributed by atoms with Crippen molar-refractivity contribution in [3.63, 3.8) is 0 Å². The Balaban J connectivity index is 1.06. The van der Waals surface area contributed by atoms with Crippen LogP contribution < -0.4 is 4.74 Å². The molecule has 2 aliphatic heterocycles. The number of fused-ring (bicyclic) bond motifs is 3. The Bertz CT molecular complexity index is 1500. The van der Waals surface area contributed by atoms with Gasteiger partial charge in [-0.3, -0.25) is 27.8 Å². The molecule has 2 amide bonds. The summed E-state index contributed by atoms with van der Waals surface area (Å²) >= 11 is 0. The van der Waals surface area contributed by atoms with E-state index in [1.54, 1.807) is 55.6 Å². The van der Waals surface area contributed by atoms with Crippen molar-refractivity contribution in [1.29, 1.82) is 0 Å². The van der Waals surface area contributed by atoms with Gasteiger partial charge in [-0.1, -0.05) is 57.9 Å². The summed E-state index contributed by atoms with van der Waals surface area (Å²) in [5, 5.41) is 0. The lowest BCUT2D eigenvalue weighted by molar-refractivity contribution is 0.0852. The van der Waals surface area contributed by atoms with Crippen LogP contribution in [-0.4, -0.2) is 83.4 Å². The highest BCUT2D eigenvalue weighted by Crippen LogP contribution is 2.59. The summed E-state index contributed by atoms with van der Waals surface area (Å²) in [6.45, 7) is 2.93. The zero-order chi connectivity index (χ0) is 32.5. The van der Waals surface area contributed by atoms with Crippen molar-refractivity contribution in [2.75, 3.05) is 39.8 Å². The lowest BCUT2D eigenvalue weighted by Crippen LogP contribution is -2.35. The Morgan fingerprint density at radius 2 is 1.30 bits per heavy atom. The summed E-state index contributed by atoms with van der Waals surface area (Å²) in [4.78, 5) is 28.9. The van der Waals surface area contributed by atoms with Gasteiger partial charge in [-0.05, 0) is 105 Å². The first kappa shape index (κ1) is 32.8. The van der Waals surface area contributed by atoms with Crippen LogP contribution in [0.2, 0.25) is 0 Å². The van der Waals surface area contributed by atoms with Gasteiger partial charge >= 0.3 is 0 Å². The predicted octanol–water partition coefficient (Wildman–Crippen LogP) is 7.02. The van der Waals surface area contributed by atoms with Gasteiger partial charge in [0.2, 0.25) is 0 Å². The molecule has 0 radical (unpaired) electrons. The van der Waals surface area contributed by atoms with Crippen LogP contribution >= 0.6 is 21.6 Å². The van der Waals surface area contributed by atoms with Crippen molar-refractivity contribution in [3.05, 3.63) is 89.0 Å². The number of ether oxygens (including phenoxy) is 1. The van der Waals surface area contributed by atoms with E-state index in [1.165, 1.54) is 19.7 Å². The van der Waals surface area contributed by atoms with Crippen molar-refractivity contribution < 1.29 is 32.5 Å². The van der Waals surface area contributed by atoms with Crippen LogP contribution in [0.5, 0.6) is 5.75 Å². The highest BCUT2D eigenvalue weighted by atomic mass is 32.3. The van der Waals surface area contributed by atoms with E-state index in [1.807, 2.05) is 12.1 Å². The molecule has 3 aliphatic rings. The summed E-state index contributed by atoms with van der Waals surface area (Å²) < 4.78 is 51.4. The average Bonchev–Trinajstić information content (AvgIpc) is 3.38. The zero-order valence-electron chi connectivity index (χ0n) is 26.1. The maximum absolute atomic E-state index is 12.9. The van der Waals surface area contributed by atoms with Crippen LogP contribution in [0.1, 0.15) is 63.9 Å². The molecule has 0 bridgehead atoms. The topological polar surface area (TPSA) is 134 Å². The van der Waals surface area contributed by atoms with Gasteiger partial charge in [0.05, 0.1) is 28.0 Å². The Hall–Kier alpha value is -3.10. The van der Waals surface area contributed by atoms with Gasteiger partial charge in [0.1, 0.15) is 5.75 Å². The molecule has 4 N–H and O–H groups in total. The van der Waals surface area contributed by atoms with Gasteiger partial charge in [-0.25, -0.2) is 8.61 Å². The number of carbonyl (C=O) groups is 2. The summed E-state index contributed by atoms with van der Waals surface area (Å²) in [6, 6.07) is 19.6. The third kappa shape index (κ3) is 6.27. The summed E-state index contributed by atoms with van der Waals surface area (Å²) in [7, 11) is -4.94. The van der Waals surface area contributed by atoms with E-state index in [-0.39, 0.29) is 24.9 Å². The molecule has 46 heavy (non-hydrogen) atoms. The van der Waals surface area contributed by atoms with E-state index in [0.29, 0.717) is 39.7 Å². The number of benzene rings is 3. The second-order valence-electron chi connectivity index (χ2n) is 12.3. The number of nitrogens with zero attached hydrogens (tertiary/aromatic N) is 3. The van der Waals surface area contributed by atoms with Crippen LogP contribution in [0.25, 0.3) is 0 Å². The molecule has 3 aromatic rings. The highest BCUT2D eigenvalue weighted by molar-refractivity contribution is 8.23. The second kappa shape index (κ2) is 13.6. The van der Waals surface area contributed by atoms with Crippen LogP contribution in [0, 0.1) is 5.92 Å². The molecule has 248 valence electrons. The average molecular weight is 670 g/mol. The first-order chi connectivity index (χ1) is 22.1. The number of aryl methyl sites for hydroxylation is 1. The number of amides is 2. The molecule has 2 heterocycles. The van der Waals surface area contributed by atoms with Crippen molar-refractivity contribution in [3.8, 4) is 5.75 Å². The van der Waals surface area contributed by atoms with E-state index >= 15 is 0 Å². The smallest absolute Gasteiger partial charge is 0.274 e. The molecule has 0 spiro atoms. The highest BCUT2D eigenvalue weighted by Gasteiger charge is 2.41. The van der Waals surface area contributed by atoms with Crippen LogP contribution in [0.15, 0.2) is 76.5 Å². The predicted molar refractivity (Wildman–Crippen MR) is 181 cm³/mol. The minimum absolute atomic E-state index is 0.257. The van der Waals surface area contributed by atoms with Crippen molar-refractivity contribution in [2.24, 2.45) is 5.92 Å². The number of unbranched alkanes of at least 4 members (excludes halogenated alkanes) is 2. The molecule has 12 heteroatoms. The molecule has 0 saturated carbocycles. The fourth-order valence-electron chi connectivity index (χ4n) is 6.97. The second-order valence-corrected chi connectivity index (χ2v) is 16.1. The molecule has 10 nitrogen and oxygen atoms in total. The molecule has 3 aromatic carbocycles. The largest absolute Gasteiger partial charge is 0.496 e. The monoisotopic (exact) mass is 669 g/mol. The van der Waals surface area contributed by atoms with Crippen molar-refractivity contribution >= 4 is 33.4 Å². The van der Waals surface area contributed by atoms with Crippen molar-refractivity contribution in [2.45, 2.75) is 54.7 Å². The van der Waals surface area contributed by atoms with Gasteiger partial charge in [-0.15, -0.1) is 0 Å². The molecule has 0 fully saturated rings. The van der Waals surface area contributed by atoms with Gasteiger partial charge in [0.15, 0.2) is 0 Å². The van der Waals surface area contributed by atoms with E-state index in [9.17, 15) is 27.8 Å². The number of carbonyl (C=O) groups excluding carboxylic acids is 2. The number of rotatable bonds is 13. The third-order valence-corrected chi connectivity index (χ3v) is 13.2. The quantitative estimate of drug-likeness (QED) is 0.143. The Kier molecular flexibility index (Phi) is 9.68.